The monoisotopic (exact) mass is 284 g/mol. The van der Waals surface area contributed by atoms with Crippen LogP contribution in [0.4, 0.5) is 0 Å². The summed E-state index contributed by atoms with van der Waals surface area (Å²) in [5.41, 5.74) is 6.37. The third-order valence-corrected chi connectivity index (χ3v) is 3.86. The normalized spacial score (nSPS) is 12.8. The maximum absolute atomic E-state index is 4.96. The third kappa shape index (κ3) is 3.04. The molecule has 0 bridgehead atoms. The Hall–Kier alpha value is -1.57. The molecule has 0 aliphatic heterocycles. The van der Waals surface area contributed by atoms with Gasteiger partial charge in [-0.25, -0.2) is 4.68 Å². The lowest BCUT2D eigenvalue weighted by Crippen LogP contribution is -2.21. The first-order chi connectivity index (χ1) is 9.51. The molecule has 0 radical (unpaired) electrons. The molecular formula is C19H28N2. The van der Waals surface area contributed by atoms with Crippen LogP contribution in [0.5, 0.6) is 0 Å². The van der Waals surface area contributed by atoms with Gasteiger partial charge in [0.05, 0.1) is 11.4 Å². The number of hydrogen-bond acceptors (Lipinski definition) is 1. The average molecular weight is 284 g/mol. The number of benzene rings is 1. The van der Waals surface area contributed by atoms with Crippen molar-refractivity contribution in [3.63, 3.8) is 0 Å². The summed E-state index contributed by atoms with van der Waals surface area (Å²) in [4.78, 5) is 0. The first-order valence-electron chi connectivity index (χ1n) is 7.69. The van der Waals surface area contributed by atoms with Crippen LogP contribution in [0.2, 0.25) is 0 Å². The molecule has 2 rings (SSSR count). The van der Waals surface area contributed by atoms with E-state index in [1.54, 1.807) is 0 Å². The van der Waals surface area contributed by atoms with Gasteiger partial charge in [-0.15, -0.1) is 0 Å². The van der Waals surface area contributed by atoms with Crippen LogP contribution in [0.3, 0.4) is 0 Å². The van der Waals surface area contributed by atoms with E-state index in [0.717, 1.165) is 5.69 Å². The van der Waals surface area contributed by atoms with Gasteiger partial charge in [-0.2, -0.15) is 5.10 Å². The highest BCUT2D eigenvalue weighted by Gasteiger charge is 2.31. The van der Waals surface area contributed by atoms with E-state index in [2.05, 4.69) is 84.3 Å². The van der Waals surface area contributed by atoms with Crippen LogP contribution in [0.15, 0.2) is 24.3 Å². The van der Waals surface area contributed by atoms with Crippen LogP contribution >= 0.6 is 0 Å². The molecule has 0 fully saturated rings. The predicted molar refractivity (Wildman–Crippen MR) is 90.4 cm³/mol. The van der Waals surface area contributed by atoms with Crippen molar-refractivity contribution in [2.45, 2.75) is 66.2 Å². The molecule has 0 N–H and O–H groups in total. The molecule has 0 aliphatic rings. The zero-order valence-corrected chi connectivity index (χ0v) is 14.7. The van der Waals surface area contributed by atoms with E-state index in [9.17, 15) is 0 Å². The summed E-state index contributed by atoms with van der Waals surface area (Å²) in [5.74, 6) is 0. The van der Waals surface area contributed by atoms with E-state index in [-0.39, 0.29) is 10.8 Å². The summed E-state index contributed by atoms with van der Waals surface area (Å²) >= 11 is 0. The van der Waals surface area contributed by atoms with Crippen LogP contribution in [-0.4, -0.2) is 9.78 Å². The summed E-state index contributed by atoms with van der Waals surface area (Å²) in [6.45, 7) is 17.8. The molecule has 2 aromatic rings. The van der Waals surface area contributed by atoms with Gasteiger partial charge in [0, 0.05) is 16.7 Å². The van der Waals surface area contributed by atoms with E-state index < -0.39 is 0 Å². The van der Waals surface area contributed by atoms with Gasteiger partial charge in [0.15, 0.2) is 0 Å². The summed E-state index contributed by atoms with van der Waals surface area (Å²) in [5, 5.41) is 4.96. The Labute approximate surface area is 129 Å². The van der Waals surface area contributed by atoms with Crippen molar-refractivity contribution < 1.29 is 0 Å². The molecule has 2 nitrogen and oxygen atoms in total. The molecule has 0 unspecified atom stereocenters. The summed E-state index contributed by atoms with van der Waals surface area (Å²) in [7, 11) is 0. The molecule has 114 valence electrons. The van der Waals surface area contributed by atoms with Crippen molar-refractivity contribution in [1.82, 2.24) is 9.78 Å². The van der Waals surface area contributed by atoms with Gasteiger partial charge in [0.25, 0.3) is 0 Å². The molecule has 0 spiro atoms. The molecule has 1 heterocycles. The van der Waals surface area contributed by atoms with Crippen molar-refractivity contribution >= 4 is 0 Å². The van der Waals surface area contributed by atoms with Gasteiger partial charge in [-0.05, 0) is 31.4 Å². The lowest BCUT2D eigenvalue weighted by molar-refractivity contribution is 0.518. The van der Waals surface area contributed by atoms with Crippen molar-refractivity contribution in [3.05, 3.63) is 46.8 Å². The topological polar surface area (TPSA) is 17.8 Å². The van der Waals surface area contributed by atoms with Crippen molar-refractivity contribution in [2.24, 2.45) is 0 Å². The smallest absolute Gasteiger partial charge is 0.0722 e. The molecule has 2 heteroatoms. The zero-order valence-electron chi connectivity index (χ0n) is 14.7. The Morgan fingerprint density at radius 2 is 1.33 bits per heavy atom. The minimum Gasteiger partial charge on any atom is -0.238 e. The Morgan fingerprint density at radius 3 is 1.71 bits per heavy atom. The second-order valence-corrected chi connectivity index (χ2v) is 8.06. The largest absolute Gasteiger partial charge is 0.238 e. The fourth-order valence-electron chi connectivity index (χ4n) is 2.86. The maximum atomic E-state index is 4.96. The lowest BCUT2D eigenvalue weighted by atomic mass is 9.78. The summed E-state index contributed by atoms with van der Waals surface area (Å²) < 4.78 is 2.10. The van der Waals surface area contributed by atoms with E-state index in [4.69, 9.17) is 5.10 Å². The lowest BCUT2D eigenvalue weighted by Gasteiger charge is -2.25. The Bertz CT molecular complexity index is 632. The van der Waals surface area contributed by atoms with Crippen molar-refractivity contribution in [1.29, 1.82) is 0 Å². The number of rotatable bonds is 1. The van der Waals surface area contributed by atoms with Crippen LogP contribution in [0.1, 0.15) is 64.1 Å². The van der Waals surface area contributed by atoms with E-state index in [0.29, 0.717) is 0 Å². The van der Waals surface area contributed by atoms with Crippen LogP contribution in [0.25, 0.3) is 5.69 Å². The standard InChI is InChI=1S/C19H28N2/c1-13-9-11-15(12-10-13)21-14(2)16(18(3,4)5)17(20-21)19(6,7)8/h9-12H,1-8H3. The Balaban J connectivity index is 2.70. The Kier molecular flexibility index (Phi) is 3.77. The highest BCUT2D eigenvalue weighted by atomic mass is 15.3. The van der Waals surface area contributed by atoms with E-state index >= 15 is 0 Å². The van der Waals surface area contributed by atoms with Gasteiger partial charge in [0.2, 0.25) is 0 Å². The molecule has 1 aromatic carbocycles. The highest BCUT2D eigenvalue weighted by molar-refractivity contribution is 5.43. The number of nitrogens with zero attached hydrogens (tertiary/aromatic N) is 2. The highest BCUT2D eigenvalue weighted by Crippen LogP contribution is 2.36. The number of aromatic nitrogens is 2. The fourth-order valence-corrected chi connectivity index (χ4v) is 2.86. The molecule has 0 saturated heterocycles. The molecule has 0 amide bonds. The molecule has 21 heavy (non-hydrogen) atoms. The molecule has 1 aromatic heterocycles. The zero-order chi connectivity index (χ0) is 16.0. The van der Waals surface area contributed by atoms with Gasteiger partial charge in [0.1, 0.15) is 0 Å². The van der Waals surface area contributed by atoms with Gasteiger partial charge in [-0.1, -0.05) is 59.2 Å². The van der Waals surface area contributed by atoms with Gasteiger partial charge >= 0.3 is 0 Å². The number of aryl methyl sites for hydroxylation is 1. The minimum absolute atomic E-state index is 0.0450. The van der Waals surface area contributed by atoms with E-state index in [1.807, 2.05) is 0 Å². The van der Waals surface area contributed by atoms with Gasteiger partial charge < -0.3 is 0 Å². The second kappa shape index (κ2) is 5.01. The molecular weight excluding hydrogens is 256 g/mol. The molecule has 0 aliphatic carbocycles. The quantitative estimate of drug-likeness (QED) is 0.713. The van der Waals surface area contributed by atoms with Crippen molar-refractivity contribution in [3.8, 4) is 5.69 Å². The first kappa shape index (κ1) is 15.8. The predicted octanol–water partition coefficient (Wildman–Crippen LogP) is 5.08. The van der Waals surface area contributed by atoms with Crippen LogP contribution in [-0.2, 0) is 10.8 Å². The Morgan fingerprint density at radius 1 is 0.810 bits per heavy atom. The maximum Gasteiger partial charge on any atom is 0.0722 e. The SMILES string of the molecule is Cc1ccc(-n2nc(C(C)(C)C)c(C(C)(C)C)c2C)cc1. The minimum atomic E-state index is 0.0450. The molecule has 0 saturated carbocycles. The average Bonchev–Trinajstić information content (AvgIpc) is 2.67. The van der Waals surface area contributed by atoms with Crippen LogP contribution in [0, 0.1) is 13.8 Å². The fraction of sp³-hybridized carbons (Fsp3) is 0.526. The molecule has 0 atom stereocenters. The number of hydrogen-bond donors (Lipinski definition) is 0. The second-order valence-electron chi connectivity index (χ2n) is 8.06. The summed E-state index contributed by atoms with van der Waals surface area (Å²) in [6.07, 6.45) is 0. The van der Waals surface area contributed by atoms with E-state index in [1.165, 1.54) is 22.5 Å². The van der Waals surface area contributed by atoms with Gasteiger partial charge in [-0.3, -0.25) is 0 Å². The van der Waals surface area contributed by atoms with Crippen LogP contribution < -0.4 is 0 Å². The first-order valence-corrected chi connectivity index (χ1v) is 7.69. The third-order valence-electron chi connectivity index (χ3n) is 3.86. The van der Waals surface area contributed by atoms with Crippen molar-refractivity contribution in [2.75, 3.05) is 0 Å². The summed E-state index contributed by atoms with van der Waals surface area (Å²) in [6, 6.07) is 8.58.